The van der Waals surface area contributed by atoms with Crippen LogP contribution in [0.2, 0.25) is 0 Å². The van der Waals surface area contributed by atoms with Gasteiger partial charge in [-0.15, -0.1) is 0 Å². The summed E-state index contributed by atoms with van der Waals surface area (Å²) in [5, 5.41) is 0. The number of para-hydroxylation sites is 1. The number of nitrogens with one attached hydrogen (secondary N) is 2. The van der Waals surface area contributed by atoms with Crippen molar-refractivity contribution in [2.45, 2.75) is 24.3 Å². The predicted molar refractivity (Wildman–Crippen MR) is 62.1 cm³/mol. The molecule has 1 fully saturated rings. The molecule has 0 saturated heterocycles. The maximum absolute atomic E-state index is 12.0. The summed E-state index contributed by atoms with van der Waals surface area (Å²) in [4.78, 5) is 0.191. The van der Waals surface area contributed by atoms with Crippen LogP contribution in [0.5, 0.6) is 0 Å². The van der Waals surface area contributed by atoms with Gasteiger partial charge in [0.2, 0.25) is 10.0 Å². The molecule has 0 aromatic heterocycles. The highest BCUT2D eigenvalue weighted by Gasteiger charge is 2.36. The Balaban J connectivity index is 2.28. The first-order chi connectivity index (χ1) is 7.54. The van der Waals surface area contributed by atoms with E-state index in [1.807, 2.05) is 6.92 Å². The SMILES string of the molecule is CC1CC1NS(=O)(=O)c1ccccc1NN. The molecule has 0 bridgehead atoms. The number of hydrogen-bond acceptors (Lipinski definition) is 4. The molecule has 2 rings (SSSR count). The van der Waals surface area contributed by atoms with Crippen molar-refractivity contribution in [1.82, 2.24) is 4.72 Å². The molecule has 1 aromatic carbocycles. The Labute approximate surface area is 95.1 Å². The van der Waals surface area contributed by atoms with E-state index >= 15 is 0 Å². The van der Waals surface area contributed by atoms with E-state index in [-0.39, 0.29) is 10.9 Å². The first-order valence-electron chi connectivity index (χ1n) is 5.12. The normalized spacial score (nSPS) is 24.1. The lowest BCUT2D eigenvalue weighted by Crippen LogP contribution is -2.28. The smallest absolute Gasteiger partial charge is 0.242 e. The number of hydrogen-bond donors (Lipinski definition) is 3. The van der Waals surface area contributed by atoms with Crippen molar-refractivity contribution < 1.29 is 8.42 Å². The maximum Gasteiger partial charge on any atom is 0.242 e. The van der Waals surface area contributed by atoms with Crippen LogP contribution in [0.1, 0.15) is 13.3 Å². The van der Waals surface area contributed by atoms with E-state index in [9.17, 15) is 8.42 Å². The second kappa shape index (κ2) is 4.04. The van der Waals surface area contributed by atoms with Gasteiger partial charge in [-0.1, -0.05) is 19.1 Å². The monoisotopic (exact) mass is 241 g/mol. The van der Waals surface area contributed by atoms with Gasteiger partial charge in [-0.05, 0) is 24.5 Å². The summed E-state index contributed by atoms with van der Waals surface area (Å²) in [5.74, 6) is 5.70. The van der Waals surface area contributed by atoms with Crippen LogP contribution in [0, 0.1) is 5.92 Å². The van der Waals surface area contributed by atoms with Gasteiger partial charge in [0.1, 0.15) is 4.90 Å². The van der Waals surface area contributed by atoms with Crippen LogP contribution in [0.15, 0.2) is 29.2 Å². The number of rotatable bonds is 4. The van der Waals surface area contributed by atoms with E-state index in [0.29, 0.717) is 11.6 Å². The molecular formula is C10H15N3O2S. The zero-order valence-electron chi connectivity index (χ0n) is 8.97. The zero-order chi connectivity index (χ0) is 11.8. The van der Waals surface area contributed by atoms with E-state index in [0.717, 1.165) is 6.42 Å². The van der Waals surface area contributed by atoms with E-state index in [1.165, 1.54) is 6.07 Å². The topological polar surface area (TPSA) is 84.2 Å². The van der Waals surface area contributed by atoms with Crippen LogP contribution in [0.25, 0.3) is 0 Å². The highest BCUT2D eigenvalue weighted by atomic mass is 32.2. The molecule has 1 aliphatic rings. The second-order valence-electron chi connectivity index (χ2n) is 4.08. The van der Waals surface area contributed by atoms with Gasteiger partial charge in [0.25, 0.3) is 0 Å². The van der Waals surface area contributed by atoms with Crippen LogP contribution >= 0.6 is 0 Å². The Morgan fingerprint density at radius 2 is 2.00 bits per heavy atom. The van der Waals surface area contributed by atoms with Crippen molar-refractivity contribution in [3.8, 4) is 0 Å². The molecule has 4 N–H and O–H groups in total. The largest absolute Gasteiger partial charge is 0.323 e. The second-order valence-corrected chi connectivity index (χ2v) is 5.76. The minimum absolute atomic E-state index is 0.0656. The minimum atomic E-state index is -3.47. The molecule has 5 nitrogen and oxygen atoms in total. The highest BCUT2D eigenvalue weighted by Crippen LogP contribution is 2.31. The Bertz CT molecular complexity index is 487. The molecule has 2 unspecified atom stereocenters. The molecular weight excluding hydrogens is 226 g/mol. The van der Waals surface area contributed by atoms with Gasteiger partial charge in [0, 0.05) is 6.04 Å². The summed E-state index contributed by atoms with van der Waals surface area (Å²) in [5.41, 5.74) is 2.79. The third-order valence-corrected chi connectivity index (χ3v) is 4.30. The lowest BCUT2D eigenvalue weighted by Gasteiger charge is -2.10. The van der Waals surface area contributed by atoms with Gasteiger partial charge in [-0.25, -0.2) is 13.1 Å². The molecule has 0 spiro atoms. The van der Waals surface area contributed by atoms with Crippen molar-refractivity contribution in [3.05, 3.63) is 24.3 Å². The van der Waals surface area contributed by atoms with E-state index in [2.05, 4.69) is 10.1 Å². The average molecular weight is 241 g/mol. The number of hydrazine groups is 1. The van der Waals surface area contributed by atoms with E-state index in [1.54, 1.807) is 18.2 Å². The van der Waals surface area contributed by atoms with Gasteiger partial charge in [0.05, 0.1) is 5.69 Å². The minimum Gasteiger partial charge on any atom is -0.323 e. The summed E-state index contributed by atoms with van der Waals surface area (Å²) in [7, 11) is -3.47. The van der Waals surface area contributed by atoms with Crippen molar-refractivity contribution in [3.63, 3.8) is 0 Å². The Hall–Kier alpha value is -1.11. The molecule has 0 aliphatic heterocycles. The Morgan fingerprint density at radius 1 is 1.38 bits per heavy atom. The lowest BCUT2D eigenvalue weighted by molar-refractivity contribution is 0.578. The maximum atomic E-state index is 12.0. The fraction of sp³-hybridized carbons (Fsp3) is 0.400. The summed E-state index contributed by atoms with van der Waals surface area (Å²) in [6.45, 7) is 2.01. The molecule has 0 heterocycles. The summed E-state index contributed by atoms with van der Waals surface area (Å²) >= 11 is 0. The number of anilines is 1. The molecule has 16 heavy (non-hydrogen) atoms. The quantitative estimate of drug-likeness (QED) is 0.534. The molecule has 0 amide bonds. The van der Waals surface area contributed by atoms with Gasteiger partial charge >= 0.3 is 0 Å². The van der Waals surface area contributed by atoms with Gasteiger partial charge in [-0.2, -0.15) is 0 Å². The fourth-order valence-corrected chi connectivity index (χ4v) is 3.10. The number of nitrogens with two attached hydrogens (primary N) is 1. The van der Waals surface area contributed by atoms with Crippen LogP contribution in [-0.2, 0) is 10.0 Å². The number of nitrogen functional groups attached to an aromatic ring is 1. The third kappa shape index (κ3) is 2.18. The van der Waals surface area contributed by atoms with Gasteiger partial charge in [-0.3, -0.25) is 5.84 Å². The third-order valence-electron chi connectivity index (χ3n) is 2.75. The van der Waals surface area contributed by atoms with Crippen molar-refractivity contribution >= 4 is 15.7 Å². The first kappa shape index (κ1) is 11.4. The van der Waals surface area contributed by atoms with Crippen LogP contribution < -0.4 is 16.0 Å². The predicted octanol–water partition coefficient (Wildman–Crippen LogP) is 0.659. The zero-order valence-corrected chi connectivity index (χ0v) is 9.79. The summed E-state index contributed by atoms with van der Waals surface area (Å²) in [6, 6.07) is 6.63. The molecule has 2 atom stereocenters. The molecule has 1 aromatic rings. The van der Waals surface area contributed by atoms with E-state index < -0.39 is 10.0 Å². The standard InChI is InChI=1S/C10H15N3O2S/c1-7-6-9(7)13-16(14,15)10-5-3-2-4-8(10)12-11/h2-5,7,9,12-13H,6,11H2,1H3. The average Bonchev–Trinajstić information content (AvgIpc) is 2.93. The van der Waals surface area contributed by atoms with Crippen LogP contribution in [0.4, 0.5) is 5.69 Å². The van der Waals surface area contributed by atoms with Gasteiger partial charge < -0.3 is 5.43 Å². The summed E-state index contributed by atoms with van der Waals surface area (Å²) < 4.78 is 26.7. The van der Waals surface area contributed by atoms with Crippen LogP contribution in [0.3, 0.4) is 0 Å². The van der Waals surface area contributed by atoms with E-state index in [4.69, 9.17) is 5.84 Å². The molecule has 6 heteroatoms. The van der Waals surface area contributed by atoms with Crippen molar-refractivity contribution in [2.75, 3.05) is 5.43 Å². The molecule has 1 saturated carbocycles. The Kier molecular flexibility index (Phi) is 2.88. The molecule has 1 aliphatic carbocycles. The number of benzene rings is 1. The molecule has 88 valence electrons. The van der Waals surface area contributed by atoms with Crippen molar-refractivity contribution in [2.24, 2.45) is 11.8 Å². The highest BCUT2D eigenvalue weighted by molar-refractivity contribution is 7.89. The molecule has 0 radical (unpaired) electrons. The van der Waals surface area contributed by atoms with Crippen LogP contribution in [-0.4, -0.2) is 14.5 Å². The fourth-order valence-electron chi connectivity index (χ4n) is 1.57. The number of sulfonamides is 1. The summed E-state index contributed by atoms with van der Waals surface area (Å²) in [6.07, 6.45) is 0.900. The lowest BCUT2D eigenvalue weighted by atomic mass is 10.3. The van der Waals surface area contributed by atoms with Crippen molar-refractivity contribution in [1.29, 1.82) is 0 Å². The Morgan fingerprint density at radius 3 is 2.56 bits per heavy atom. The first-order valence-corrected chi connectivity index (χ1v) is 6.61. The van der Waals surface area contributed by atoms with Gasteiger partial charge in [0.15, 0.2) is 0 Å².